The van der Waals surface area contributed by atoms with Gasteiger partial charge in [-0.25, -0.2) is 5.26 Å². The van der Waals surface area contributed by atoms with Gasteiger partial charge in [-0.3, -0.25) is 23.2 Å². The number of ether oxygens (including phenoxy) is 2. The van der Waals surface area contributed by atoms with Crippen LogP contribution in [0.15, 0.2) is 80.2 Å². The van der Waals surface area contributed by atoms with Crippen LogP contribution in [0.1, 0.15) is 13.8 Å². The molecule has 5 aromatic carbocycles. The zero-order valence-electron chi connectivity index (χ0n) is 27.8. The van der Waals surface area contributed by atoms with Crippen molar-refractivity contribution in [1.82, 2.24) is 30.0 Å². The highest BCUT2D eigenvalue weighted by molar-refractivity contribution is 7.94. The zero-order chi connectivity index (χ0) is 40.5. The molecule has 7 rings (SSSR count). The van der Waals surface area contributed by atoms with Crippen molar-refractivity contribution in [3.05, 3.63) is 60.7 Å². The van der Waals surface area contributed by atoms with Gasteiger partial charge < -0.3 is 9.47 Å². The Labute approximate surface area is 316 Å². The van der Waals surface area contributed by atoms with Gasteiger partial charge in [-0.15, -0.1) is 34.3 Å². The lowest BCUT2D eigenvalue weighted by Gasteiger charge is -2.14. The summed E-state index contributed by atoms with van der Waals surface area (Å²) >= 11 is 0.415. The van der Waals surface area contributed by atoms with Gasteiger partial charge in [0.2, 0.25) is 0 Å². The van der Waals surface area contributed by atoms with Crippen LogP contribution in [0, 0.1) is 0 Å². The van der Waals surface area contributed by atoms with Gasteiger partial charge in [0.05, 0.1) is 21.8 Å². The first-order valence-electron chi connectivity index (χ1n) is 15.0. The molecule has 0 radical (unpaired) electrons. The Morgan fingerprint density at radius 1 is 0.607 bits per heavy atom. The Morgan fingerprint density at radius 2 is 1.07 bits per heavy atom. The number of carbonyl (C=O) groups is 2. The molecule has 2 aromatic heterocycles. The van der Waals surface area contributed by atoms with Gasteiger partial charge in [-0.05, 0) is 36.4 Å². The summed E-state index contributed by atoms with van der Waals surface area (Å²) in [6.07, 6.45) is 0. The van der Waals surface area contributed by atoms with E-state index in [4.69, 9.17) is 14.7 Å². The Balaban J connectivity index is 1.47. The fourth-order valence-electron chi connectivity index (χ4n) is 5.68. The number of rotatable bonds is 10. The minimum Gasteiger partial charge on any atom is -0.424 e. The molecule has 2 heterocycles. The van der Waals surface area contributed by atoms with Crippen LogP contribution in [0.5, 0.6) is 11.5 Å². The molecule has 0 aliphatic carbocycles. The highest BCUT2D eigenvalue weighted by Gasteiger charge is 2.26. The van der Waals surface area contributed by atoms with Crippen molar-refractivity contribution in [3.8, 4) is 22.9 Å². The van der Waals surface area contributed by atoms with Crippen LogP contribution < -0.4 is 9.47 Å². The topological polar surface area (TPSA) is 316 Å². The van der Waals surface area contributed by atoms with Crippen LogP contribution in [0.2, 0.25) is 0 Å². The van der Waals surface area contributed by atoms with Gasteiger partial charge in [0.25, 0.3) is 30.4 Å². The van der Waals surface area contributed by atoms with Gasteiger partial charge in [-0.1, -0.05) is 17.2 Å². The highest BCUT2D eigenvalue weighted by Crippen LogP contribution is 2.38. The maximum Gasteiger partial charge on any atom is 0.308 e. The molecule has 0 saturated heterocycles. The number of benzene rings is 5. The van der Waals surface area contributed by atoms with E-state index in [-0.39, 0.29) is 66.0 Å². The predicted molar refractivity (Wildman–Crippen MR) is 189 cm³/mol. The summed E-state index contributed by atoms with van der Waals surface area (Å²) in [4.78, 5) is 24.3. The number of aromatic nitrogens is 6. The Hall–Kier alpha value is -5.68. The highest BCUT2D eigenvalue weighted by atomic mass is 32.2. The lowest BCUT2D eigenvalue weighted by atomic mass is 10.1. The molecule has 0 spiro atoms. The van der Waals surface area contributed by atoms with Crippen molar-refractivity contribution in [1.29, 1.82) is 0 Å². The normalized spacial score (nSPS) is 12.5. The first-order valence-corrected chi connectivity index (χ1v) is 20.1. The lowest BCUT2D eigenvalue weighted by Crippen LogP contribution is -2.12. The van der Waals surface area contributed by atoms with Gasteiger partial charge in [-0.2, -0.15) is 25.3 Å². The maximum atomic E-state index is 12.4. The first-order chi connectivity index (χ1) is 26.2. The molecule has 290 valence electrons. The zero-order valence-corrected chi connectivity index (χ0v) is 31.0. The van der Waals surface area contributed by atoms with E-state index in [1.165, 1.54) is 30.3 Å². The molecule has 56 heavy (non-hydrogen) atoms. The summed E-state index contributed by atoms with van der Waals surface area (Å²) in [6.45, 7) is 2.14. The van der Waals surface area contributed by atoms with Crippen LogP contribution in [0.25, 0.3) is 55.0 Å². The number of hydrogen-bond donors (Lipinski definition) is 4. The number of hydrogen-bond acceptors (Lipinski definition) is 18. The summed E-state index contributed by atoms with van der Waals surface area (Å²) in [7, 11) is -14.8. The summed E-state index contributed by atoms with van der Waals surface area (Å²) in [5.41, 5.74) is -0.227. The summed E-state index contributed by atoms with van der Waals surface area (Å²) in [5.74, 6) is -2.25. The summed E-state index contributed by atoms with van der Waals surface area (Å²) < 4.78 is 118. The smallest absolute Gasteiger partial charge is 0.308 e. The van der Waals surface area contributed by atoms with E-state index in [1.54, 1.807) is 0 Å². The Bertz CT molecular complexity index is 3180. The van der Waals surface area contributed by atoms with Gasteiger partial charge in [0.15, 0.2) is 11.5 Å². The molecule has 22 nitrogen and oxygen atoms in total. The molecule has 0 atom stereocenters. The fourth-order valence-corrected chi connectivity index (χ4v) is 8.17. The molecule has 7 aromatic rings. The second-order valence-corrected chi connectivity index (χ2v) is 16.5. The molecule has 0 aliphatic rings. The molecule has 0 aliphatic heterocycles. The van der Waals surface area contributed by atoms with Crippen LogP contribution in [0.4, 0.5) is 0 Å². The molecular formula is C30H20N6O16S4. The first kappa shape index (κ1) is 38.6. The molecule has 0 amide bonds. The van der Waals surface area contributed by atoms with Crippen LogP contribution in [0.3, 0.4) is 0 Å². The Morgan fingerprint density at radius 3 is 1.52 bits per heavy atom. The van der Waals surface area contributed by atoms with Crippen molar-refractivity contribution in [2.24, 2.45) is 0 Å². The average Bonchev–Trinajstić information content (AvgIpc) is 3.74. The van der Waals surface area contributed by atoms with Crippen molar-refractivity contribution >= 4 is 97.9 Å². The molecule has 0 unspecified atom stereocenters. The second-order valence-electron chi connectivity index (χ2n) is 11.5. The molecule has 26 heteroatoms. The minimum absolute atomic E-state index is 0.0165. The average molecular weight is 849 g/mol. The predicted octanol–water partition coefficient (Wildman–Crippen LogP) is 3.48. The molecule has 0 fully saturated rings. The van der Waals surface area contributed by atoms with Crippen LogP contribution in [-0.2, 0) is 49.3 Å². The minimum atomic E-state index is -5.04. The van der Waals surface area contributed by atoms with Crippen molar-refractivity contribution in [3.63, 3.8) is 0 Å². The van der Waals surface area contributed by atoms with Gasteiger partial charge in [0.1, 0.15) is 38.3 Å². The number of carbonyl (C=O) groups excluding carboxylic acids is 2. The van der Waals surface area contributed by atoms with E-state index in [9.17, 15) is 48.5 Å². The van der Waals surface area contributed by atoms with Crippen molar-refractivity contribution in [2.45, 2.75) is 33.4 Å². The van der Waals surface area contributed by atoms with Crippen LogP contribution in [-0.4, -0.2) is 86.1 Å². The maximum absolute atomic E-state index is 12.4. The molecule has 0 saturated carbocycles. The fraction of sp³-hybridized carbons (Fsp3) is 0.0667. The number of esters is 2. The van der Waals surface area contributed by atoms with Crippen LogP contribution >= 0.6 is 12.0 Å². The third-order valence-electron chi connectivity index (χ3n) is 7.84. The van der Waals surface area contributed by atoms with Crippen molar-refractivity contribution < 1.29 is 72.6 Å². The molecule has 0 bridgehead atoms. The number of nitrogens with zero attached hydrogens (tertiary/aromatic N) is 6. The Kier molecular flexibility index (Phi) is 9.52. The van der Waals surface area contributed by atoms with Gasteiger partial charge in [0, 0.05) is 52.4 Å². The van der Waals surface area contributed by atoms with E-state index in [0.717, 1.165) is 47.7 Å². The van der Waals surface area contributed by atoms with E-state index in [0.29, 0.717) is 23.5 Å². The monoisotopic (exact) mass is 848 g/mol. The third kappa shape index (κ3) is 7.23. The second kappa shape index (κ2) is 13.8. The summed E-state index contributed by atoms with van der Waals surface area (Å²) in [5, 5.41) is 29.9. The van der Waals surface area contributed by atoms with E-state index >= 15 is 0 Å². The summed E-state index contributed by atoms with van der Waals surface area (Å²) in [6, 6.07) is 11.4. The van der Waals surface area contributed by atoms with E-state index in [2.05, 4.69) is 29.8 Å². The van der Waals surface area contributed by atoms with Gasteiger partial charge >= 0.3 is 11.9 Å². The molecular weight excluding hydrogens is 829 g/mol. The SMILES string of the molecule is CC(=O)Oc1cc(-n2nc3ccc4c(S(=O)(=O)O)cc(S(=O)(=O)O)cc4c3n2)c(OC(C)=O)cc1-n1nc2ccc3c(SOOO)cc(S(=O)(=O)O)cc3c2n1. The van der Waals surface area contributed by atoms with E-state index in [1.807, 2.05) is 0 Å². The van der Waals surface area contributed by atoms with E-state index < -0.39 is 57.0 Å². The lowest BCUT2D eigenvalue weighted by molar-refractivity contribution is -0.432. The quantitative estimate of drug-likeness (QED) is 0.0382. The molecule has 4 N–H and O–H groups in total. The third-order valence-corrected chi connectivity index (χ3v) is 11.0. The largest absolute Gasteiger partial charge is 0.424 e. The van der Waals surface area contributed by atoms with Crippen molar-refractivity contribution in [2.75, 3.05) is 0 Å². The standard InChI is InChI=1S/C30H20N6O16S4/c1-13(37)49-25-12-24(36-32-22-6-4-18-20(30(22)34-36)8-16(55(43,44)45)10-28(18)56(46,47)48)26(50-14(2)38)11-23(25)35-31-21-5-3-17-19(29(21)33-35)7-15(54(40,41)42)9-27(17)53-52-51-39/h3-12,39H,1-2H3,(H,40,41,42)(H,43,44,45)(H,46,47,48). The number of fused-ring (bicyclic) bond motifs is 6.